The molecule has 2 rings (SSSR count). The zero-order valence-corrected chi connectivity index (χ0v) is 12.1. The zero-order valence-electron chi connectivity index (χ0n) is 12.1. The summed E-state index contributed by atoms with van der Waals surface area (Å²) in [6, 6.07) is -0.119. The summed E-state index contributed by atoms with van der Waals surface area (Å²) in [5.41, 5.74) is -0.802. The molecule has 1 heterocycles. The van der Waals surface area contributed by atoms with E-state index in [0.717, 1.165) is 25.7 Å². The Morgan fingerprint density at radius 1 is 1.45 bits per heavy atom. The van der Waals surface area contributed by atoms with Crippen LogP contribution in [0.15, 0.2) is 12.2 Å². The molecule has 0 bridgehead atoms. The Morgan fingerprint density at radius 2 is 2.25 bits per heavy atom. The molecule has 0 spiro atoms. The van der Waals surface area contributed by atoms with E-state index in [0.29, 0.717) is 32.0 Å². The van der Waals surface area contributed by atoms with Gasteiger partial charge in [-0.3, -0.25) is 4.79 Å². The molecule has 0 aromatic carbocycles. The monoisotopic (exact) mass is 280 g/mol. The molecule has 5 heteroatoms. The highest BCUT2D eigenvalue weighted by Gasteiger charge is 2.39. The van der Waals surface area contributed by atoms with E-state index in [9.17, 15) is 14.7 Å². The molecule has 2 atom stereocenters. The van der Waals surface area contributed by atoms with Gasteiger partial charge in [0.25, 0.3) is 0 Å². The van der Waals surface area contributed by atoms with Crippen LogP contribution in [0, 0.1) is 11.3 Å². The molecular weight excluding hydrogens is 256 g/mol. The molecule has 20 heavy (non-hydrogen) atoms. The van der Waals surface area contributed by atoms with Crippen molar-refractivity contribution in [3.8, 4) is 0 Å². The third kappa shape index (κ3) is 3.52. The van der Waals surface area contributed by atoms with E-state index < -0.39 is 11.4 Å². The van der Waals surface area contributed by atoms with E-state index in [1.807, 2.05) is 0 Å². The summed E-state index contributed by atoms with van der Waals surface area (Å²) in [6.45, 7) is 3.36. The number of likely N-dealkylation sites (tertiary alicyclic amines) is 1. The number of hydrogen-bond donors (Lipinski definition) is 2. The van der Waals surface area contributed by atoms with E-state index in [1.54, 1.807) is 11.8 Å². The fraction of sp³-hybridized carbons (Fsp3) is 0.733. The molecule has 2 unspecified atom stereocenters. The van der Waals surface area contributed by atoms with Crippen LogP contribution in [0.25, 0.3) is 0 Å². The molecule has 0 aromatic rings. The van der Waals surface area contributed by atoms with Crippen molar-refractivity contribution in [2.24, 2.45) is 11.3 Å². The first-order valence-electron chi connectivity index (χ1n) is 7.42. The molecule has 2 N–H and O–H groups in total. The van der Waals surface area contributed by atoms with Gasteiger partial charge in [0.05, 0.1) is 5.41 Å². The van der Waals surface area contributed by atoms with Crippen molar-refractivity contribution in [1.82, 2.24) is 10.2 Å². The number of aliphatic carboxylic acids is 1. The number of carboxylic acids is 1. The number of carbonyl (C=O) groups excluding carboxylic acids is 1. The van der Waals surface area contributed by atoms with Crippen LogP contribution in [-0.4, -0.2) is 41.6 Å². The molecule has 1 saturated heterocycles. The molecular formula is C15H24N2O3. The number of hydrogen-bond acceptors (Lipinski definition) is 2. The highest BCUT2D eigenvalue weighted by molar-refractivity contribution is 5.78. The number of nitrogens with zero attached hydrogens (tertiary/aromatic N) is 1. The van der Waals surface area contributed by atoms with Gasteiger partial charge in [0.2, 0.25) is 0 Å². The van der Waals surface area contributed by atoms with Crippen LogP contribution in [0.5, 0.6) is 0 Å². The SMILES string of the molecule is CC1(C(=O)O)CCCN(C(=O)NCC2CC=CCC2)C1. The first kappa shape index (κ1) is 14.9. The van der Waals surface area contributed by atoms with Crippen LogP contribution in [-0.2, 0) is 4.79 Å². The fourth-order valence-electron chi connectivity index (χ4n) is 2.97. The number of nitrogens with one attached hydrogen (secondary N) is 1. The molecule has 0 aromatic heterocycles. The second kappa shape index (κ2) is 6.29. The van der Waals surface area contributed by atoms with Gasteiger partial charge in [-0.25, -0.2) is 4.79 Å². The quantitative estimate of drug-likeness (QED) is 0.779. The summed E-state index contributed by atoms with van der Waals surface area (Å²) < 4.78 is 0. The minimum Gasteiger partial charge on any atom is -0.481 e. The van der Waals surface area contributed by atoms with Crippen LogP contribution < -0.4 is 5.32 Å². The second-order valence-corrected chi connectivity index (χ2v) is 6.23. The standard InChI is InChI=1S/C15H24N2O3/c1-15(13(18)19)8-5-9-17(11-15)14(20)16-10-12-6-3-2-4-7-12/h2-3,12H,4-11H2,1H3,(H,16,20)(H,18,19). The topological polar surface area (TPSA) is 69.6 Å². The lowest BCUT2D eigenvalue weighted by Gasteiger charge is -2.37. The Morgan fingerprint density at radius 3 is 2.90 bits per heavy atom. The Hall–Kier alpha value is -1.52. The molecule has 0 radical (unpaired) electrons. The fourth-order valence-corrected chi connectivity index (χ4v) is 2.97. The zero-order chi connectivity index (χ0) is 14.6. The van der Waals surface area contributed by atoms with Gasteiger partial charge in [0.1, 0.15) is 0 Å². The van der Waals surface area contributed by atoms with Crippen molar-refractivity contribution in [3.63, 3.8) is 0 Å². The highest BCUT2D eigenvalue weighted by Crippen LogP contribution is 2.29. The van der Waals surface area contributed by atoms with E-state index >= 15 is 0 Å². The van der Waals surface area contributed by atoms with Crippen molar-refractivity contribution in [1.29, 1.82) is 0 Å². The Labute approximate surface area is 120 Å². The van der Waals surface area contributed by atoms with Gasteiger partial charge in [0.15, 0.2) is 0 Å². The Bertz CT molecular complexity index is 408. The number of urea groups is 1. The van der Waals surface area contributed by atoms with E-state index in [4.69, 9.17) is 0 Å². The predicted molar refractivity (Wildman–Crippen MR) is 76.4 cm³/mol. The van der Waals surface area contributed by atoms with E-state index in [1.165, 1.54) is 0 Å². The molecule has 1 fully saturated rings. The van der Waals surface area contributed by atoms with Crippen LogP contribution in [0.4, 0.5) is 4.79 Å². The van der Waals surface area contributed by atoms with Crippen LogP contribution in [0.1, 0.15) is 39.0 Å². The summed E-state index contributed by atoms with van der Waals surface area (Å²) >= 11 is 0. The molecule has 1 aliphatic carbocycles. The minimum absolute atomic E-state index is 0.119. The first-order chi connectivity index (χ1) is 9.51. The lowest BCUT2D eigenvalue weighted by atomic mass is 9.82. The number of carbonyl (C=O) groups is 2. The van der Waals surface area contributed by atoms with Gasteiger partial charge < -0.3 is 15.3 Å². The second-order valence-electron chi connectivity index (χ2n) is 6.23. The maximum atomic E-state index is 12.2. The summed E-state index contributed by atoms with van der Waals surface area (Å²) in [4.78, 5) is 25.1. The molecule has 112 valence electrons. The molecule has 1 aliphatic heterocycles. The number of rotatable bonds is 3. The number of piperidine rings is 1. The largest absolute Gasteiger partial charge is 0.481 e. The van der Waals surface area contributed by atoms with Crippen LogP contribution in [0.3, 0.4) is 0 Å². The van der Waals surface area contributed by atoms with Crippen molar-refractivity contribution in [2.75, 3.05) is 19.6 Å². The molecule has 2 amide bonds. The lowest BCUT2D eigenvalue weighted by Crippen LogP contribution is -2.52. The third-order valence-corrected chi connectivity index (χ3v) is 4.42. The van der Waals surface area contributed by atoms with E-state index in [2.05, 4.69) is 17.5 Å². The number of amides is 2. The average molecular weight is 280 g/mol. The first-order valence-corrected chi connectivity index (χ1v) is 7.42. The summed E-state index contributed by atoms with van der Waals surface area (Å²) in [5, 5.41) is 12.2. The van der Waals surface area contributed by atoms with Crippen molar-refractivity contribution in [3.05, 3.63) is 12.2 Å². The molecule has 5 nitrogen and oxygen atoms in total. The summed E-state index contributed by atoms with van der Waals surface area (Å²) in [7, 11) is 0. The maximum Gasteiger partial charge on any atom is 0.317 e. The summed E-state index contributed by atoms with van der Waals surface area (Å²) in [6.07, 6.45) is 8.96. The van der Waals surface area contributed by atoms with Crippen LogP contribution >= 0.6 is 0 Å². The highest BCUT2D eigenvalue weighted by atomic mass is 16.4. The van der Waals surface area contributed by atoms with E-state index in [-0.39, 0.29) is 6.03 Å². The molecule has 2 aliphatic rings. The van der Waals surface area contributed by atoms with Gasteiger partial charge in [-0.15, -0.1) is 0 Å². The van der Waals surface area contributed by atoms with Gasteiger partial charge in [-0.05, 0) is 44.9 Å². The Kier molecular flexibility index (Phi) is 4.68. The average Bonchev–Trinajstić information content (AvgIpc) is 2.46. The summed E-state index contributed by atoms with van der Waals surface area (Å²) in [5.74, 6) is -0.299. The van der Waals surface area contributed by atoms with Gasteiger partial charge in [0, 0.05) is 19.6 Å². The number of allylic oxidation sites excluding steroid dienone is 2. The predicted octanol–water partition coefficient (Wildman–Crippen LogP) is 2.24. The number of carboxylic acid groups (broad SMARTS) is 1. The minimum atomic E-state index is -0.813. The lowest BCUT2D eigenvalue weighted by molar-refractivity contribution is -0.150. The van der Waals surface area contributed by atoms with Crippen molar-refractivity contribution >= 4 is 12.0 Å². The van der Waals surface area contributed by atoms with Crippen molar-refractivity contribution < 1.29 is 14.7 Å². The normalized spacial score (nSPS) is 30.1. The van der Waals surface area contributed by atoms with Gasteiger partial charge in [-0.2, -0.15) is 0 Å². The smallest absolute Gasteiger partial charge is 0.317 e. The van der Waals surface area contributed by atoms with Crippen LogP contribution in [0.2, 0.25) is 0 Å². The van der Waals surface area contributed by atoms with Gasteiger partial charge >= 0.3 is 12.0 Å². The molecule has 0 saturated carbocycles. The third-order valence-electron chi connectivity index (χ3n) is 4.42. The maximum absolute atomic E-state index is 12.2. The van der Waals surface area contributed by atoms with Gasteiger partial charge in [-0.1, -0.05) is 12.2 Å². The Balaban J connectivity index is 1.82. The van der Waals surface area contributed by atoms with Crippen molar-refractivity contribution in [2.45, 2.75) is 39.0 Å².